The molecule has 0 spiro atoms. The Kier molecular flexibility index (Phi) is 8.27. The normalized spacial score (nSPS) is 32.8. The van der Waals surface area contributed by atoms with E-state index in [0.29, 0.717) is 19.1 Å². The lowest BCUT2D eigenvalue weighted by Gasteiger charge is -2.27. The molecule has 2 aliphatic rings. The van der Waals surface area contributed by atoms with Crippen LogP contribution in [-0.2, 0) is 23.1 Å². The molecule has 5 atom stereocenters. The van der Waals surface area contributed by atoms with Crippen molar-refractivity contribution in [3.8, 4) is 0 Å². The van der Waals surface area contributed by atoms with Crippen molar-refractivity contribution in [3.05, 3.63) is 0 Å². The molecule has 0 aromatic rings. The molecule has 2 fully saturated rings. The number of quaternary nitrogens is 1. The fourth-order valence-electron chi connectivity index (χ4n) is 2.95. The maximum atomic E-state index is 13.4. The first-order valence-corrected chi connectivity index (χ1v) is 12.5. The zero-order chi connectivity index (χ0) is 18.5. The Morgan fingerprint density at radius 2 is 1.84 bits per heavy atom. The van der Waals surface area contributed by atoms with Crippen molar-refractivity contribution < 1.29 is 27.6 Å². The molecule has 6 nitrogen and oxygen atoms in total. The van der Waals surface area contributed by atoms with Crippen LogP contribution in [0.25, 0.3) is 0 Å². The summed E-state index contributed by atoms with van der Waals surface area (Å²) in [5, 5.41) is 0. The van der Waals surface area contributed by atoms with Gasteiger partial charge < -0.3 is 14.0 Å². The topological polar surface area (TPSA) is 54.0 Å². The third-order valence-corrected chi connectivity index (χ3v) is 8.51. The fraction of sp³-hybridized carbons (Fsp3) is 1.00. The summed E-state index contributed by atoms with van der Waals surface area (Å²) in [5.41, 5.74) is 0. The summed E-state index contributed by atoms with van der Waals surface area (Å²) < 4.78 is 37.5. The van der Waals surface area contributed by atoms with Crippen LogP contribution in [0.5, 0.6) is 0 Å². The van der Waals surface area contributed by atoms with E-state index in [4.69, 9.17) is 18.5 Å². The van der Waals surface area contributed by atoms with Crippen LogP contribution in [0, 0.1) is 5.92 Å². The third-order valence-electron chi connectivity index (χ3n) is 4.76. The van der Waals surface area contributed by atoms with E-state index < -0.39 is 6.80 Å². The van der Waals surface area contributed by atoms with Gasteiger partial charge in [0.25, 0.3) is 0 Å². The van der Waals surface area contributed by atoms with Gasteiger partial charge in [-0.3, -0.25) is 9.05 Å². The molecule has 0 saturated carbocycles. The van der Waals surface area contributed by atoms with E-state index >= 15 is 0 Å². The second-order valence-electron chi connectivity index (χ2n) is 8.02. The van der Waals surface area contributed by atoms with E-state index in [-0.39, 0.29) is 18.3 Å². The Morgan fingerprint density at radius 3 is 2.44 bits per heavy atom. The first-order chi connectivity index (χ1) is 11.7. The maximum absolute atomic E-state index is 13.4. The molecule has 0 radical (unpaired) electrons. The highest BCUT2D eigenvalue weighted by atomic mass is 32.7. The van der Waals surface area contributed by atoms with Gasteiger partial charge in [-0.25, -0.2) is 4.57 Å². The lowest BCUT2D eigenvalue weighted by molar-refractivity contribution is -0.867. The van der Waals surface area contributed by atoms with Crippen LogP contribution in [0.2, 0.25) is 0 Å². The third kappa shape index (κ3) is 7.13. The second kappa shape index (κ2) is 9.54. The monoisotopic (exact) mass is 396 g/mol. The highest BCUT2D eigenvalue weighted by Gasteiger charge is 2.38. The van der Waals surface area contributed by atoms with Gasteiger partial charge in [0.2, 0.25) is 0 Å². The van der Waals surface area contributed by atoms with Crippen molar-refractivity contribution in [2.24, 2.45) is 5.92 Å². The van der Waals surface area contributed by atoms with Crippen LogP contribution in [0.4, 0.5) is 0 Å². The minimum atomic E-state index is -3.24. The number of hydrogen-bond acceptors (Lipinski definition) is 6. The van der Waals surface area contributed by atoms with Crippen molar-refractivity contribution in [2.45, 2.75) is 51.4 Å². The molecule has 0 aliphatic carbocycles. The number of nitrogens with zero attached hydrogens (tertiary/aromatic N) is 1. The molecular formula is C17H35NO5PS+. The maximum Gasteiger partial charge on any atom is 0.389 e. The van der Waals surface area contributed by atoms with Crippen LogP contribution >= 0.6 is 18.2 Å². The van der Waals surface area contributed by atoms with Crippen LogP contribution in [-0.4, -0.2) is 76.1 Å². The Balaban J connectivity index is 1.95. The van der Waals surface area contributed by atoms with E-state index in [1.165, 1.54) is 11.4 Å². The van der Waals surface area contributed by atoms with Gasteiger partial charge in [0.05, 0.1) is 58.4 Å². The standard InChI is InChI=1S/C17H35NO5PS/c1-6-15-16(8-11-20-15)23-24(19,25-12-9-18(3,4)5)22-13-17-14(2)7-10-21-17/h14-17H,6-13H2,1-5H3/q+1/t14?,15-,16?,17-,24+/m1/s1. The number of hydrogen-bond donors (Lipinski definition) is 0. The molecule has 0 N–H and O–H groups in total. The molecular weight excluding hydrogens is 361 g/mol. The van der Waals surface area contributed by atoms with E-state index in [1.807, 2.05) is 0 Å². The van der Waals surface area contributed by atoms with Crippen molar-refractivity contribution in [1.82, 2.24) is 0 Å². The van der Waals surface area contributed by atoms with Gasteiger partial charge in [-0.2, -0.15) is 0 Å². The molecule has 0 aromatic heterocycles. The van der Waals surface area contributed by atoms with Crippen molar-refractivity contribution >= 4 is 18.2 Å². The van der Waals surface area contributed by atoms with Crippen molar-refractivity contribution in [1.29, 1.82) is 0 Å². The zero-order valence-corrected chi connectivity index (χ0v) is 18.0. The van der Waals surface area contributed by atoms with E-state index in [0.717, 1.165) is 42.6 Å². The van der Waals surface area contributed by atoms with E-state index in [1.54, 1.807) is 0 Å². The predicted octanol–water partition coefficient (Wildman–Crippen LogP) is 3.56. The Labute approximate surface area is 156 Å². The summed E-state index contributed by atoms with van der Waals surface area (Å²) in [7, 11) is 6.37. The summed E-state index contributed by atoms with van der Waals surface area (Å²) in [4.78, 5) is 0. The van der Waals surface area contributed by atoms with E-state index in [2.05, 4.69) is 35.0 Å². The minimum absolute atomic E-state index is 0.0116. The molecule has 2 rings (SSSR count). The molecule has 0 aromatic carbocycles. The molecule has 8 heteroatoms. The van der Waals surface area contributed by atoms with Gasteiger partial charge in [-0.05, 0) is 30.1 Å². The number of ether oxygens (including phenoxy) is 2. The summed E-state index contributed by atoms with van der Waals surface area (Å²) in [6.45, 7) is 3.62. The summed E-state index contributed by atoms with van der Waals surface area (Å²) in [5.74, 6) is 1.16. The van der Waals surface area contributed by atoms with Crippen LogP contribution in [0.15, 0.2) is 0 Å². The Morgan fingerprint density at radius 1 is 1.16 bits per heavy atom. The largest absolute Gasteiger partial charge is 0.389 e. The summed E-state index contributed by atoms with van der Waals surface area (Å²) in [6.07, 6.45) is 2.54. The van der Waals surface area contributed by atoms with Crippen LogP contribution < -0.4 is 0 Å². The highest BCUT2D eigenvalue weighted by molar-refractivity contribution is 8.55. The average Bonchev–Trinajstić information content (AvgIpc) is 3.12. The van der Waals surface area contributed by atoms with E-state index in [9.17, 15) is 4.57 Å². The fourth-order valence-corrected chi connectivity index (χ4v) is 6.74. The lowest BCUT2D eigenvalue weighted by atomic mass is 10.1. The Bertz CT molecular complexity index is 459. The summed E-state index contributed by atoms with van der Waals surface area (Å²) in [6, 6.07) is 0. The van der Waals surface area contributed by atoms with Crippen molar-refractivity contribution in [3.63, 3.8) is 0 Å². The summed E-state index contributed by atoms with van der Waals surface area (Å²) >= 11 is 1.32. The molecule has 2 unspecified atom stereocenters. The van der Waals surface area contributed by atoms with Gasteiger partial charge in [-0.1, -0.05) is 13.8 Å². The molecule has 0 bridgehead atoms. The zero-order valence-electron chi connectivity index (χ0n) is 16.3. The second-order valence-corrected chi connectivity index (χ2v) is 12.2. The first-order valence-electron chi connectivity index (χ1n) is 9.33. The average molecular weight is 397 g/mol. The predicted molar refractivity (Wildman–Crippen MR) is 102 cm³/mol. The van der Waals surface area contributed by atoms with Crippen LogP contribution in [0.3, 0.4) is 0 Å². The molecule has 2 saturated heterocycles. The van der Waals surface area contributed by atoms with Crippen molar-refractivity contribution in [2.75, 3.05) is 53.3 Å². The molecule has 2 aliphatic heterocycles. The van der Waals surface area contributed by atoms with Gasteiger partial charge >= 0.3 is 6.80 Å². The minimum Gasteiger partial charge on any atom is -0.376 e. The molecule has 25 heavy (non-hydrogen) atoms. The van der Waals surface area contributed by atoms with Gasteiger partial charge in [0, 0.05) is 19.6 Å². The SMILES string of the molecule is CC[C@H]1OCCC1O[P@](=O)(OC[C@H]1OCCC1C)SCC[N+](C)(C)C. The smallest absolute Gasteiger partial charge is 0.376 e. The van der Waals surface area contributed by atoms with Gasteiger partial charge in [-0.15, -0.1) is 0 Å². The highest BCUT2D eigenvalue weighted by Crippen LogP contribution is 2.62. The lowest BCUT2D eigenvalue weighted by Crippen LogP contribution is -2.36. The Hall–Kier alpha value is 0.380. The van der Waals surface area contributed by atoms with Gasteiger partial charge in [0.1, 0.15) is 0 Å². The molecule has 2 heterocycles. The van der Waals surface area contributed by atoms with Gasteiger partial charge in [0.15, 0.2) is 0 Å². The molecule has 0 amide bonds. The molecule has 148 valence electrons. The quantitative estimate of drug-likeness (QED) is 0.416. The first kappa shape index (κ1) is 21.7. The van der Waals surface area contributed by atoms with Crippen LogP contribution in [0.1, 0.15) is 33.1 Å². The number of rotatable bonds is 10.